The molecule has 0 radical (unpaired) electrons. The van der Waals surface area contributed by atoms with E-state index in [0.717, 1.165) is 23.3 Å². The molecule has 1 aromatic carbocycles. The monoisotopic (exact) mass is 280 g/mol. The van der Waals surface area contributed by atoms with Crippen LogP contribution in [0.5, 0.6) is 0 Å². The molecule has 0 spiro atoms. The van der Waals surface area contributed by atoms with Crippen LogP contribution in [-0.4, -0.2) is 36.6 Å². The second-order valence-corrected chi connectivity index (χ2v) is 5.81. The minimum atomic E-state index is 0.687. The third-order valence-corrected chi connectivity index (χ3v) is 4.25. The number of piperidine rings is 1. The minimum absolute atomic E-state index is 0.687. The molecule has 21 heavy (non-hydrogen) atoms. The third-order valence-electron chi connectivity index (χ3n) is 4.25. The first-order valence-electron chi connectivity index (χ1n) is 7.48. The SMILES string of the molecule is CN1CCC(CNc2cc(C#N)c3ccccc3n2)CC1. The number of fused-ring (bicyclic) bond motifs is 1. The summed E-state index contributed by atoms with van der Waals surface area (Å²) in [6.07, 6.45) is 2.45. The highest BCUT2D eigenvalue weighted by Crippen LogP contribution is 2.21. The number of para-hydroxylation sites is 1. The number of hydrogen-bond acceptors (Lipinski definition) is 4. The van der Waals surface area contributed by atoms with Gasteiger partial charge in [0.1, 0.15) is 5.82 Å². The number of anilines is 1. The molecule has 2 aromatic rings. The summed E-state index contributed by atoms with van der Waals surface area (Å²) < 4.78 is 0. The quantitative estimate of drug-likeness (QED) is 0.939. The first-order chi connectivity index (χ1) is 10.3. The fourth-order valence-electron chi connectivity index (χ4n) is 2.87. The maximum Gasteiger partial charge on any atom is 0.127 e. The zero-order valence-electron chi connectivity index (χ0n) is 12.3. The second kappa shape index (κ2) is 6.11. The van der Waals surface area contributed by atoms with Crippen molar-refractivity contribution >= 4 is 16.7 Å². The van der Waals surface area contributed by atoms with Gasteiger partial charge in [0, 0.05) is 11.9 Å². The van der Waals surface area contributed by atoms with Gasteiger partial charge >= 0.3 is 0 Å². The Morgan fingerprint density at radius 2 is 2.10 bits per heavy atom. The van der Waals surface area contributed by atoms with Gasteiger partial charge in [0.25, 0.3) is 0 Å². The normalized spacial score (nSPS) is 16.8. The molecule has 1 fully saturated rings. The van der Waals surface area contributed by atoms with E-state index in [1.165, 1.54) is 25.9 Å². The van der Waals surface area contributed by atoms with Crippen molar-refractivity contribution < 1.29 is 0 Å². The van der Waals surface area contributed by atoms with Crippen LogP contribution in [0, 0.1) is 17.2 Å². The highest BCUT2D eigenvalue weighted by Gasteiger charge is 2.16. The molecule has 1 N–H and O–H groups in total. The highest BCUT2D eigenvalue weighted by molar-refractivity contribution is 5.86. The topological polar surface area (TPSA) is 52.0 Å². The Bertz CT molecular complexity index is 666. The molecular weight excluding hydrogens is 260 g/mol. The van der Waals surface area contributed by atoms with E-state index >= 15 is 0 Å². The van der Waals surface area contributed by atoms with Crippen LogP contribution >= 0.6 is 0 Å². The van der Waals surface area contributed by atoms with Gasteiger partial charge in [-0.1, -0.05) is 18.2 Å². The van der Waals surface area contributed by atoms with E-state index in [1.807, 2.05) is 30.3 Å². The van der Waals surface area contributed by atoms with Crippen molar-refractivity contribution in [3.63, 3.8) is 0 Å². The predicted molar refractivity (Wildman–Crippen MR) is 85.2 cm³/mol. The van der Waals surface area contributed by atoms with Crippen LogP contribution in [0.3, 0.4) is 0 Å². The van der Waals surface area contributed by atoms with Gasteiger partial charge < -0.3 is 10.2 Å². The molecule has 0 saturated carbocycles. The van der Waals surface area contributed by atoms with E-state index in [-0.39, 0.29) is 0 Å². The van der Waals surface area contributed by atoms with E-state index in [9.17, 15) is 5.26 Å². The summed E-state index contributed by atoms with van der Waals surface area (Å²) in [4.78, 5) is 6.98. The first kappa shape index (κ1) is 13.8. The summed E-state index contributed by atoms with van der Waals surface area (Å²) in [5.41, 5.74) is 1.56. The number of pyridine rings is 1. The Hall–Kier alpha value is -2.12. The Labute approximate surface area is 125 Å². The molecule has 2 heterocycles. The van der Waals surface area contributed by atoms with Crippen LogP contribution in [0.25, 0.3) is 10.9 Å². The number of nitriles is 1. The summed E-state index contributed by atoms with van der Waals surface area (Å²) in [6, 6.07) is 11.9. The van der Waals surface area contributed by atoms with Gasteiger partial charge in [-0.25, -0.2) is 4.98 Å². The summed E-state index contributed by atoms with van der Waals surface area (Å²) in [5, 5.41) is 13.6. The zero-order valence-corrected chi connectivity index (χ0v) is 12.3. The number of hydrogen-bond donors (Lipinski definition) is 1. The van der Waals surface area contributed by atoms with Gasteiger partial charge in [-0.3, -0.25) is 0 Å². The Kier molecular flexibility index (Phi) is 4.03. The number of likely N-dealkylation sites (tertiary alicyclic amines) is 1. The van der Waals surface area contributed by atoms with Crippen LogP contribution in [0.4, 0.5) is 5.82 Å². The molecule has 4 heteroatoms. The van der Waals surface area contributed by atoms with E-state index in [0.29, 0.717) is 11.5 Å². The van der Waals surface area contributed by atoms with E-state index in [2.05, 4.69) is 28.3 Å². The average molecular weight is 280 g/mol. The molecule has 1 aliphatic rings. The molecular formula is C17H20N4. The highest BCUT2D eigenvalue weighted by atomic mass is 15.1. The van der Waals surface area contributed by atoms with Gasteiger partial charge in [-0.2, -0.15) is 5.26 Å². The zero-order chi connectivity index (χ0) is 14.7. The summed E-state index contributed by atoms with van der Waals surface area (Å²) in [7, 11) is 2.17. The fourth-order valence-corrected chi connectivity index (χ4v) is 2.87. The number of aromatic nitrogens is 1. The van der Waals surface area contributed by atoms with Crippen LogP contribution in [0.1, 0.15) is 18.4 Å². The van der Waals surface area contributed by atoms with E-state index in [4.69, 9.17) is 0 Å². The van der Waals surface area contributed by atoms with Crippen molar-refractivity contribution in [3.05, 3.63) is 35.9 Å². The summed E-state index contributed by atoms with van der Waals surface area (Å²) in [5.74, 6) is 1.50. The molecule has 0 atom stereocenters. The van der Waals surface area contributed by atoms with Crippen LogP contribution in [-0.2, 0) is 0 Å². The molecule has 108 valence electrons. The molecule has 0 aliphatic carbocycles. The fraction of sp³-hybridized carbons (Fsp3) is 0.412. The second-order valence-electron chi connectivity index (χ2n) is 5.81. The first-order valence-corrected chi connectivity index (χ1v) is 7.48. The van der Waals surface area contributed by atoms with E-state index < -0.39 is 0 Å². The summed E-state index contributed by atoms with van der Waals surface area (Å²) in [6.45, 7) is 3.27. The van der Waals surface area contributed by atoms with Crippen LogP contribution < -0.4 is 5.32 Å². The lowest BCUT2D eigenvalue weighted by molar-refractivity contribution is 0.226. The predicted octanol–water partition coefficient (Wildman–Crippen LogP) is 2.86. The standard InChI is InChI=1S/C17H20N4/c1-21-8-6-13(7-9-21)12-19-17-10-14(11-18)15-4-2-3-5-16(15)20-17/h2-5,10,13H,6-9,12H2,1H3,(H,19,20). The Morgan fingerprint density at radius 3 is 2.86 bits per heavy atom. The number of nitrogens with zero attached hydrogens (tertiary/aromatic N) is 3. The molecule has 1 aromatic heterocycles. The lowest BCUT2D eigenvalue weighted by Gasteiger charge is -2.29. The maximum absolute atomic E-state index is 9.30. The van der Waals surface area contributed by atoms with Crippen LogP contribution in [0.2, 0.25) is 0 Å². The lowest BCUT2D eigenvalue weighted by atomic mass is 9.97. The Morgan fingerprint density at radius 1 is 1.33 bits per heavy atom. The molecule has 0 bridgehead atoms. The number of benzene rings is 1. The van der Waals surface area contributed by atoms with Crippen molar-refractivity contribution in [1.82, 2.24) is 9.88 Å². The van der Waals surface area contributed by atoms with Gasteiger partial charge in [0.2, 0.25) is 0 Å². The van der Waals surface area contributed by atoms with Gasteiger partial charge in [0.05, 0.1) is 17.1 Å². The minimum Gasteiger partial charge on any atom is -0.370 e. The van der Waals surface area contributed by atoms with Crippen molar-refractivity contribution in [2.24, 2.45) is 5.92 Å². The molecule has 0 amide bonds. The molecule has 1 aliphatic heterocycles. The number of rotatable bonds is 3. The van der Waals surface area contributed by atoms with Gasteiger partial charge in [0.15, 0.2) is 0 Å². The number of nitrogens with one attached hydrogen (secondary N) is 1. The van der Waals surface area contributed by atoms with Crippen LogP contribution in [0.15, 0.2) is 30.3 Å². The molecule has 3 rings (SSSR count). The third kappa shape index (κ3) is 3.14. The molecule has 0 unspecified atom stereocenters. The smallest absolute Gasteiger partial charge is 0.127 e. The maximum atomic E-state index is 9.30. The summed E-state index contributed by atoms with van der Waals surface area (Å²) >= 11 is 0. The molecule has 1 saturated heterocycles. The molecule has 4 nitrogen and oxygen atoms in total. The average Bonchev–Trinajstić information content (AvgIpc) is 2.53. The van der Waals surface area contributed by atoms with Gasteiger partial charge in [-0.15, -0.1) is 0 Å². The van der Waals surface area contributed by atoms with Crippen molar-refractivity contribution in [3.8, 4) is 6.07 Å². The lowest BCUT2D eigenvalue weighted by Crippen LogP contribution is -2.33. The van der Waals surface area contributed by atoms with Gasteiger partial charge in [-0.05, 0) is 51.0 Å². The van der Waals surface area contributed by atoms with Crippen molar-refractivity contribution in [1.29, 1.82) is 5.26 Å². The Balaban J connectivity index is 1.74. The largest absolute Gasteiger partial charge is 0.370 e. The van der Waals surface area contributed by atoms with Crippen molar-refractivity contribution in [2.75, 3.05) is 32.0 Å². The van der Waals surface area contributed by atoms with E-state index in [1.54, 1.807) is 0 Å². The van der Waals surface area contributed by atoms with Crippen molar-refractivity contribution in [2.45, 2.75) is 12.8 Å².